The van der Waals surface area contributed by atoms with Gasteiger partial charge in [0, 0.05) is 13.0 Å². The smallest absolute Gasteiger partial charge is 0.305 e. The molecule has 9 heteroatoms. The van der Waals surface area contributed by atoms with Gasteiger partial charge in [0.1, 0.15) is 4.88 Å². The second-order valence-corrected chi connectivity index (χ2v) is 7.84. The van der Waals surface area contributed by atoms with Crippen molar-refractivity contribution in [2.75, 3.05) is 17.9 Å². The van der Waals surface area contributed by atoms with Crippen LogP contribution in [-0.2, 0) is 19.6 Å². The van der Waals surface area contributed by atoms with Crippen LogP contribution in [0.3, 0.4) is 0 Å². The SMILES string of the molecule is CCOC(=O)CCCNC(=O)c1sccc1NS(=O)(=O)c1ccccc1. The van der Waals surface area contributed by atoms with Gasteiger partial charge in [-0.1, -0.05) is 18.2 Å². The van der Waals surface area contributed by atoms with Crippen LogP contribution in [0, 0.1) is 0 Å². The van der Waals surface area contributed by atoms with Crippen molar-refractivity contribution in [2.24, 2.45) is 0 Å². The van der Waals surface area contributed by atoms with E-state index in [-0.39, 0.29) is 27.9 Å². The lowest BCUT2D eigenvalue weighted by Crippen LogP contribution is -2.25. The fraction of sp³-hybridized carbons (Fsp3) is 0.294. The van der Waals surface area contributed by atoms with Gasteiger partial charge >= 0.3 is 5.97 Å². The minimum atomic E-state index is -3.77. The fourth-order valence-corrected chi connectivity index (χ4v) is 4.04. The molecule has 2 N–H and O–H groups in total. The third-order valence-electron chi connectivity index (χ3n) is 3.32. The van der Waals surface area contributed by atoms with Crippen LogP contribution in [0.4, 0.5) is 5.69 Å². The molecule has 0 saturated carbocycles. The summed E-state index contributed by atoms with van der Waals surface area (Å²) < 4.78 is 32.0. The zero-order valence-corrected chi connectivity index (χ0v) is 15.9. The van der Waals surface area contributed by atoms with E-state index in [1.807, 2.05) is 0 Å². The van der Waals surface area contributed by atoms with Gasteiger partial charge < -0.3 is 10.1 Å². The highest BCUT2D eigenvalue weighted by atomic mass is 32.2. The lowest BCUT2D eigenvalue weighted by atomic mass is 10.3. The largest absolute Gasteiger partial charge is 0.466 e. The first-order chi connectivity index (χ1) is 12.4. The van der Waals surface area contributed by atoms with Crippen molar-refractivity contribution in [2.45, 2.75) is 24.7 Å². The molecule has 1 aromatic carbocycles. The number of esters is 1. The van der Waals surface area contributed by atoms with Crippen LogP contribution >= 0.6 is 11.3 Å². The van der Waals surface area contributed by atoms with Gasteiger partial charge in [-0.3, -0.25) is 14.3 Å². The maximum absolute atomic E-state index is 12.4. The van der Waals surface area contributed by atoms with Gasteiger partial charge in [0.05, 0.1) is 17.2 Å². The van der Waals surface area contributed by atoms with Crippen LogP contribution in [0.5, 0.6) is 0 Å². The summed E-state index contributed by atoms with van der Waals surface area (Å²) in [6.07, 6.45) is 0.660. The van der Waals surface area contributed by atoms with Gasteiger partial charge in [-0.2, -0.15) is 0 Å². The summed E-state index contributed by atoms with van der Waals surface area (Å²) in [6.45, 7) is 2.35. The molecule has 0 fully saturated rings. The number of amides is 1. The average Bonchev–Trinajstić information content (AvgIpc) is 3.07. The Kier molecular flexibility index (Phi) is 7.16. The third kappa shape index (κ3) is 5.57. The molecular formula is C17H20N2O5S2. The Labute approximate surface area is 156 Å². The lowest BCUT2D eigenvalue weighted by molar-refractivity contribution is -0.143. The number of thiophene rings is 1. The zero-order valence-electron chi connectivity index (χ0n) is 14.2. The molecule has 0 unspecified atom stereocenters. The molecule has 26 heavy (non-hydrogen) atoms. The van der Waals surface area contributed by atoms with Crippen LogP contribution < -0.4 is 10.0 Å². The molecule has 7 nitrogen and oxygen atoms in total. The Bertz CT molecular complexity index is 847. The predicted octanol–water partition coefficient (Wildman–Crippen LogP) is 2.62. The number of hydrogen-bond donors (Lipinski definition) is 2. The molecule has 0 radical (unpaired) electrons. The summed E-state index contributed by atoms with van der Waals surface area (Å²) in [5, 5.41) is 4.31. The molecule has 2 aromatic rings. The van der Waals surface area contributed by atoms with Crippen LogP contribution in [0.25, 0.3) is 0 Å². The van der Waals surface area contributed by atoms with E-state index in [1.165, 1.54) is 12.1 Å². The van der Waals surface area contributed by atoms with Gasteiger partial charge in [-0.15, -0.1) is 11.3 Å². The number of carbonyl (C=O) groups is 2. The highest BCUT2D eigenvalue weighted by molar-refractivity contribution is 7.92. The Balaban J connectivity index is 1.95. The standard InChI is InChI=1S/C17H20N2O5S2/c1-2-24-15(20)9-6-11-18-17(21)16-14(10-12-25-16)19-26(22,23)13-7-4-3-5-8-13/h3-5,7-8,10,12,19H,2,6,9,11H2,1H3,(H,18,21). The summed E-state index contributed by atoms with van der Waals surface area (Å²) >= 11 is 1.14. The fourth-order valence-electron chi connectivity index (χ4n) is 2.12. The molecule has 0 bridgehead atoms. The van der Waals surface area contributed by atoms with Crippen molar-refractivity contribution in [1.82, 2.24) is 5.32 Å². The monoisotopic (exact) mass is 396 g/mol. The van der Waals surface area contributed by atoms with E-state index in [1.54, 1.807) is 36.6 Å². The first-order valence-corrected chi connectivity index (χ1v) is 10.4. The summed E-state index contributed by atoms with van der Waals surface area (Å²) in [5.74, 6) is -0.705. The van der Waals surface area contributed by atoms with Gasteiger partial charge in [-0.05, 0) is 36.9 Å². The van der Waals surface area contributed by atoms with Crippen molar-refractivity contribution >= 4 is 38.9 Å². The number of carbonyl (C=O) groups excluding carboxylic acids is 2. The van der Waals surface area contributed by atoms with Crippen molar-refractivity contribution in [3.05, 3.63) is 46.7 Å². The Morgan fingerprint density at radius 2 is 1.88 bits per heavy atom. The molecule has 0 spiro atoms. The molecule has 1 amide bonds. The van der Waals surface area contributed by atoms with E-state index in [0.717, 1.165) is 11.3 Å². The molecule has 0 saturated heterocycles. The molecule has 0 aliphatic carbocycles. The number of sulfonamides is 1. The number of rotatable bonds is 9. The van der Waals surface area contributed by atoms with Crippen LogP contribution in [-0.4, -0.2) is 33.4 Å². The van der Waals surface area contributed by atoms with Crippen molar-refractivity contribution in [3.63, 3.8) is 0 Å². The van der Waals surface area contributed by atoms with Crippen LogP contribution in [0.1, 0.15) is 29.4 Å². The second-order valence-electron chi connectivity index (χ2n) is 5.25. The molecule has 1 aromatic heterocycles. The quantitative estimate of drug-likeness (QED) is 0.501. The van der Waals surface area contributed by atoms with E-state index < -0.39 is 15.9 Å². The van der Waals surface area contributed by atoms with Gasteiger partial charge in [0.2, 0.25) is 0 Å². The normalized spacial score (nSPS) is 11.0. The van der Waals surface area contributed by atoms with E-state index in [2.05, 4.69) is 10.0 Å². The predicted molar refractivity (Wildman–Crippen MR) is 99.8 cm³/mol. The highest BCUT2D eigenvalue weighted by Crippen LogP contribution is 2.25. The Morgan fingerprint density at radius 3 is 2.58 bits per heavy atom. The second kappa shape index (κ2) is 9.35. The number of benzene rings is 1. The lowest BCUT2D eigenvalue weighted by Gasteiger charge is -2.09. The zero-order chi connectivity index (χ0) is 19.0. The van der Waals surface area contributed by atoms with Crippen molar-refractivity contribution < 1.29 is 22.7 Å². The highest BCUT2D eigenvalue weighted by Gasteiger charge is 2.19. The summed E-state index contributed by atoms with van der Waals surface area (Å²) in [7, 11) is -3.77. The maximum atomic E-state index is 12.4. The first-order valence-electron chi connectivity index (χ1n) is 8.03. The van der Waals surface area contributed by atoms with Crippen LogP contribution in [0.15, 0.2) is 46.7 Å². The maximum Gasteiger partial charge on any atom is 0.305 e. The van der Waals surface area contributed by atoms with Gasteiger partial charge in [-0.25, -0.2) is 8.42 Å². The minimum absolute atomic E-state index is 0.118. The molecular weight excluding hydrogens is 376 g/mol. The third-order valence-corrected chi connectivity index (χ3v) is 5.61. The van der Waals surface area contributed by atoms with Gasteiger partial charge in [0.25, 0.3) is 15.9 Å². The molecule has 0 atom stereocenters. The minimum Gasteiger partial charge on any atom is -0.466 e. The summed E-state index contributed by atoms with van der Waals surface area (Å²) in [6, 6.07) is 9.46. The molecule has 0 aliphatic heterocycles. The Hall–Kier alpha value is -2.39. The van der Waals surface area contributed by atoms with E-state index in [9.17, 15) is 18.0 Å². The summed E-state index contributed by atoms with van der Waals surface area (Å²) in [4.78, 5) is 23.9. The number of ether oxygens (including phenoxy) is 1. The first kappa shape index (κ1) is 19.9. The van der Waals surface area contributed by atoms with E-state index in [4.69, 9.17) is 4.74 Å². The molecule has 0 aliphatic rings. The average molecular weight is 396 g/mol. The Morgan fingerprint density at radius 1 is 1.15 bits per heavy atom. The molecule has 1 heterocycles. The van der Waals surface area contributed by atoms with Crippen LogP contribution in [0.2, 0.25) is 0 Å². The summed E-state index contributed by atoms with van der Waals surface area (Å²) in [5.41, 5.74) is 0.224. The van der Waals surface area contributed by atoms with E-state index >= 15 is 0 Å². The number of anilines is 1. The molecule has 2 rings (SSSR count). The number of hydrogen-bond acceptors (Lipinski definition) is 6. The van der Waals surface area contributed by atoms with Crippen molar-refractivity contribution in [3.8, 4) is 0 Å². The molecule has 140 valence electrons. The topological polar surface area (TPSA) is 102 Å². The van der Waals surface area contributed by atoms with Gasteiger partial charge in [0.15, 0.2) is 0 Å². The van der Waals surface area contributed by atoms with E-state index in [0.29, 0.717) is 19.6 Å². The number of nitrogens with one attached hydrogen (secondary N) is 2. The van der Waals surface area contributed by atoms with Crippen molar-refractivity contribution in [1.29, 1.82) is 0 Å².